The quantitative estimate of drug-likeness (QED) is 0.142. The molecule has 41 heavy (non-hydrogen) atoms. The van der Waals surface area contributed by atoms with Gasteiger partial charge in [0.05, 0.1) is 16.2 Å². The lowest BCUT2D eigenvalue weighted by molar-refractivity contribution is -0.385. The predicted octanol–water partition coefficient (Wildman–Crippen LogP) is 5.93. The minimum atomic E-state index is -0.956. The summed E-state index contributed by atoms with van der Waals surface area (Å²) in [6.07, 6.45) is 0.650. The molecule has 216 valence electrons. The highest BCUT2D eigenvalue weighted by Gasteiger charge is 2.25. The maximum atomic E-state index is 12.9. The van der Waals surface area contributed by atoms with Crippen LogP contribution in [0.25, 0.3) is 0 Å². The number of carbonyl (C=O) groups excluding carboxylic acids is 2. The molecule has 3 aromatic carbocycles. The van der Waals surface area contributed by atoms with Crippen LogP contribution < -0.4 is 20.2 Å². The maximum Gasteiger partial charge on any atom is 0.311 e. The number of carbonyl (C=O) groups is 2. The first-order valence-electron chi connectivity index (χ1n) is 12.7. The largest absolute Gasteiger partial charge is 0.482 e. The van der Waals surface area contributed by atoms with E-state index in [1.54, 1.807) is 18.2 Å². The standard InChI is InChI=1S/C29H30Cl2N4O6/c1-18(2)13-24(33-28(36)19(3)41-26-12-10-22(30)15-23(26)31)29(37)34-32-16-21-9-11-27(25(14-21)35(38)39)40-17-20-7-5-4-6-8-20/h4-12,14-16,18-19,24H,13,17H2,1-3H3,(H,33,36)(H,34,37)/b32-16-/t19-,24+/m1/s1. The molecular formula is C29H30Cl2N4O6. The highest BCUT2D eigenvalue weighted by atomic mass is 35.5. The zero-order chi connectivity index (χ0) is 29.9. The van der Waals surface area contributed by atoms with E-state index >= 15 is 0 Å². The van der Waals surface area contributed by atoms with Crippen LogP contribution in [0.5, 0.6) is 11.5 Å². The summed E-state index contributed by atoms with van der Waals surface area (Å²) in [5, 5.41) is 18.9. The van der Waals surface area contributed by atoms with Gasteiger partial charge < -0.3 is 14.8 Å². The van der Waals surface area contributed by atoms with Gasteiger partial charge in [-0.1, -0.05) is 67.4 Å². The molecule has 0 bridgehead atoms. The monoisotopic (exact) mass is 600 g/mol. The Hall–Kier alpha value is -4.15. The average molecular weight is 601 g/mol. The lowest BCUT2D eigenvalue weighted by Crippen LogP contribution is -2.49. The number of nitro groups is 1. The molecule has 0 saturated heterocycles. The van der Waals surface area contributed by atoms with Crippen molar-refractivity contribution in [1.82, 2.24) is 10.7 Å². The van der Waals surface area contributed by atoms with Crippen molar-refractivity contribution >= 4 is 46.9 Å². The third-order valence-electron chi connectivity index (χ3n) is 5.71. The summed E-state index contributed by atoms with van der Waals surface area (Å²) in [5.74, 6) is -0.627. The summed E-state index contributed by atoms with van der Waals surface area (Å²) < 4.78 is 11.3. The highest BCUT2D eigenvalue weighted by molar-refractivity contribution is 6.35. The lowest BCUT2D eigenvalue weighted by Gasteiger charge is -2.22. The van der Waals surface area contributed by atoms with E-state index < -0.39 is 28.9 Å². The fourth-order valence-corrected chi connectivity index (χ4v) is 4.12. The van der Waals surface area contributed by atoms with E-state index in [2.05, 4.69) is 15.8 Å². The molecule has 0 radical (unpaired) electrons. The molecule has 3 aromatic rings. The van der Waals surface area contributed by atoms with Crippen molar-refractivity contribution in [2.45, 2.75) is 45.9 Å². The molecule has 0 aliphatic heterocycles. The van der Waals surface area contributed by atoms with Gasteiger partial charge in [0.1, 0.15) is 18.4 Å². The third-order valence-corrected chi connectivity index (χ3v) is 6.24. The molecule has 0 fully saturated rings. The van der Waals surface area contributed by atoms with E-state index in [0.717, 1.165) is 5.56 Å². The van der Waals surface area contributed by atoms with E-state index in [1.807, 2.05) is 44.2 Å². The summed E-state index contributed by atoms with van der Waals surface area (Å²) in [6.45, 7) is 5.51. The lowest BCUT2D eigenvalue weighted by atomic mass is 10.0. The smallest absolute Gasteiger partial charge is 0.311 e. The highest BCUT2D eigenvalue weighted by Crippen LogP contribution is 2.29. The number of nitro benzene ring substituents is 1. The zero-order valence-corrected chi connectivity index (χ0v) is 24.2. The van der Waals surface area contributed by atoms with Crippen molar-refractivity contribution in [2.24, 2.45) is 11.0 Å². The molecule has 2 amide bonds. The number of amides is 2. The number of rotatable bonds is 13. The average Bonchev–Trinajstić information content (AvgIpc) is 2.93. The Bertz CT molecular complexity index is 1400. The maximum absolute atomic E-state index is 12.9. The van der Waals surface area contributed by atoms with Crippen LogP contribution in [-0.2, 0) is 16.2 Å². The minimum Gasteiger partial charge on any atom is -0.482 e. The number of ether oxygens (including phenoxy) is 2. The van der Waals surface area contributed by atoms with Crippen LogP contribution in [0.2, 0.25) is 10.0 Å². The molecule has 0 heterocycles. The fraction of sp³-hybridized carbons (Fsp3) is 0.276. The van der Waals surface area contributed by atoms with Crippen LogP contribution in [0.3, 0.4) is 0 Å². The summed E-state index contributed by atoms with van der Waals surface area (Å²) >= 11 is 12.0. The van der Waals surface area contributed by atoms with Crippen molar-refractivity contribution in [3.05, 3.63) is 98.0 Å². The number of nitrogens with one attached hydrogen (secondary N) is 2. The summed E-state index contributed by atoms with van der Waals surface area (Å²) in [6, 6.07) is 17.3. The molecule has 0 saturated carbocycles. The van der Waals surface area contributed by atoms with Gasteiger partial charge in [0, 0.05) is 16.7 Å². The van der Waals surface area contributed by atoms with Crippen LogP contribution in [0.15, 0.2) is 71.8 Å². The van der Waals surface area contributed by atoms with Gasteiger partial charge in [0.25, 0.3) is 11.8 Å². The molecule has 0 aromatic heterocycles. The minimum absolute atomic E-state index is 0.0723. The second-order valence-electron chi connectivity index (χ2n) is 9.52. The molecule has 0 aliphatic carbocycles. The van der Waals surface area contributed by atoms with Crippen LogP contribution in [0, 0.1) is 16.0 Å². The van der Waals surface area contributed by atoms with Crippen LogP contribution >= 0.6 is 23.2 Å². The Kier molecular flexibility index (Phi) is 11.5. The zero-order valence-electron chi connectivity index (χ0n) is 22.7. The summed E-state index contributed by atoms with van der Waals surface area (Å²) in [5.41, 5.74) is 3.39. The van der Waals surface area contributed by atoms with E-state index in [4.69, 9.17) is 32.7 Å². The summed E-state index contributed by atoms with van der Waals surface area (Å²) in [4.78, 5) is 36.7. The van der Waals surface area contributed by atoms with Gasteiger partial charge in [-0.2, -0.15) is 5.10 Å². The molecule has 2 N–H and O–H groups in total. The molecule has 0 aliphatic rings. The number of benzene rings is 3. The van der Waals surface area contributed by atoms with Gasteiger partial charge in [-0.3, -0.25) is 19.7 Å². The Morgan fingerprint density at radius 2 is 1.71 bits per heavy atom. The molecule has 10 nitrogen and oxygen atoms in total. The third kappa shape index (κ3) is 9.77. The van der Waals surface area contributed by atoms with Gasteiger partial charge in [0.15, 0.2) is 11.9 Å². The SMILES string of the molecule is CC(C)C[C@H](NC(=O)[C@@H](C)Oc1ccc(Cl)cc1Cl)C(=O)N/N=C\c1ccc(OCc2ccccc2)c([N+](=O)[O-])c1. The van der Waals surface area contributed by atoms with Crippen molar-refractivity contribution in [3.63, 3.8) is 0 Å². The second kappa shape index (κ2) is 15.0. The van der Waals surface area contributed by atoms with E-state index in [0.29, 0.717) is 17.0 Å². The van der Waals surface area contributed by atoms with Gasteiger partial charge >= 0.3 is 5.69 Å². The Balaban J connectivity index is 1.63. The first kappa shape index (κ1) is 31.4. The molecule has 0 unspecified atom stereocenters. The molecule has 0 spiro atoms. The van der Waals surface area contributed by atoms with Gasteiger partial charge in [-0.15, -0.1) is 0 Å². The van der Waals surface area contributed by atoms with E-state index in [-0.39, 0.29) is 34.7 Å². The van der Waals surface area contributed by atoms with Crippen molar-refractivity contribution < 1.29 is 24.0 Å². The second-order valence-corrected chi connectivity index (χ2v) is 10.4. The number of nitrogens with zero attached hydrogens (tertiary/aromatic N) is 2. The number of hydrogen-bond donors (Lipinski definition) is 2. The van der Waals surface area contributed by atoms with Crippen LogP contribution in [-0.4, -0.2) is 35.1 Å². The van der Waals surface area contributed by atoms with Crippen molar-refractivity contribution in [2.75, 3.05) is 0 Å². The van der Waals surface area contributed by atoms with Crippen molar-refractivity contribution in [1.29, 1.82) is 0 Å². The van der Waals surface area contributed by atoms with Gasteiger partial charge in [0.2, 0.25) is 0 Å². The van der Waals surface area contributed by atoms with Gasteiger partial charge in [-0.05, 0) is 55.2 Å². The number of halogens is 2. The van der Waals surface area contributed by atoms with Crippen LogP contribution in [0.1, 0.15) is 38.3 Å². The predicted molar refractivity (Wildman–Crippen MR) is 158 cm³/mol. The molecule has 12 heteroatoms. The Morgan fingerprint density at radius 1 is 1.00 bits per heavy atom. The topological polar surface area (TPSA) is 132 Å². The number of hydrazone groups is 1. The Labute approximate surface area is 247 Å². The molecular weight excluding hydrogens is 571 g/mol. The van der Waals surface area contributed by atoms with Gasteiger partial charge in [-0.25, -0.2) is 5.43 Å². The molecule has 2 atom stereocenters. The fourth-order valence-electron chi connectivity index (χ4n) is 3.67. The van der Waals surface area contributed by atoms with E-state index in [1.165, 1.54) is 31.3 Å². The first-order valence-corrected chi connectivity index (χ1v) is 13.5. The summed E-state index contributed by atoms with van der Waals surface area (Å²) in [7, 11) is 0. The van der Waals surface area contributed by atoms with E-state index in [9.17, 15) is 19.7 Å². The Morgan fingerprint density at radius 3 is 2.37 bits per heavy atom. The van der Waals surface area contributed by atoms with Crippen LogP contribution in [0.4, 0.5) is 5.69 Å². The van der Waals surface area contributed by atoms with Crippen molar-refractivity contribution in [3.8, 4) is 11.5 Å². The first-order chi connectivity index (χ1) is 19.5. The normalized spacial score (nSPS) is 12.5. The molecule has 3 rings (SSSR count). The number of hydrogen-bond acceptors (Lipinski definition) is 7.